The van der Waals surface area contributed by atoms with Gasteiger partial charge in [0.2, 0.25) is 5.75 Å². The molecule has 3 aromatic rings. The number of aromatic nitrogens is 3. The number of rotatable bonds is 7. The minimum Gasteiger partial charge on any atom is -0.493 e. The lowest BCUT2D eigenvalue weighted by molar-refractivity contribution is 0.0225. The molecule has 1 fully saturated rings. The number of hydrogen-bond acceptors (Lipinski definition) is 8. The lowest BCUT2D eigenvalue weighted by Gasteiger charge is -2.28. The zero-order valence-corrected chi connectivity index (χ0v) is 22.0. The summed E-state index contributed by atoms with van der Waals surface area (Å²) in [7, 11) is 4.62. The zero-order valence-electron chi connectivity index (χ0n) is 22.0. The number of benzene rings is 1. The third-order valence-electron chi connectivity index (χ3n) is 6.09. The first kappa shape index (κ1) is 26.1. The van der Waals surface area contributed by atoms with Gasteiger partial charge in [-0.3, -0.25) is 4.79 Å². The van der Waals surface area contributed by atoms with Gasteiger partial charge in [0, 0.05) is 24.8 Å². The predicted octanol–water partition coefficient (Wildman–Crippen LogP) is 3.78. The molecule has 2 N–H and O–H groups in total. The van der Waals surface area contributed by atoms with Gasteiger partial charge < -0.3 is 34.1 Å². The van der Waals surface area contributed by atoms with Crippen LogP contribution in [0.15, 0.2) is 24.5 Å². The number of carbonyl (C=O) groups is 2. The van der Waals surface area contributed by atoms with Crippen molar-refractivity contribution in [2.24, 2.45) is 0 Å². The lowest BCUT2D eigenvalue weighted by Crippen LogP contribution is -2.45. The average molecular weight is 512 g/mol. The van der Waals surface area contributed by atoms with Crippen molar-refractivity contribution in [3.05, 3.63) is 30.1 Å². The Balaban J connectivity index is 1.54. The van der Waals surface area contributed by atoms with Crippen molar-refractivity contribution in [2.75, 3.05) is 34.4 Å². The molecule has 4 rings (SSSR count). The summed E-state index contributed by atoms with van der Waals surface area (Å²) in [5.74, 6) is 1.13. The van der Waals surface area contributed by atoms with E-state index in [0.717, 1.165) is 12.8 Å². The van der Waals surface area contributed by atoms with E-state index >= 15 is 0 Å². The van der Waals surface area contributed by atoms with Crippen LogP contribution < -0.4 is 19.5 Å². The van der Waals surface area contributed by atoms with Crippen LogP contribution in [0, 0.1) is 0 Å². The molecule has 198 valence electrons. The van der Waals surface area contributed by atoms with Crippen molar-refractivity contribution in [3.8, 4) is 28.5 Å². The topological polar surface area (TPSA) is 128 Å². The standard InChI is InChI=1S/C26H33N5O6/c1-26(2,3)37-25(33)31-9-7-8-16(31)12-29-24(32)17-13-27-23-21(17)30-18(14-28-23)15-10-19(34-4)22(36-6)20(11-15)35-5/h10-11,13-14,16H,7-9,12H2,1-6H3,(H,27,28)(H,29,32). The normalized spacial score (nSPS) is 15.5. The number of ether oxygens (including phenoxy) is 4. The monoisotopic (exact) mass is 511 g/mol. The van der Waals surface area contributed by atoms with E-state index in [2.05, 4.69) is 15.3 Å². The van der Waals surface area contributed by atoms with Crippen LogP contribution in [0.4, 0.5) is 4.79 Å². The van der Waals surface area contributed by atoms with Crippen LogP contribution in [0.2, 0.25) is 0 Å². The Morgan fingerprint density at radius 3 is 2.46 bits per heavy atom. The number of amides is 2. The van der Waals surface area contributed by atoms with E-state index in [4.69, 9.17) is 23.9 Å². The number of H-pyrrole nitrogens is 1. The van der Waals surface area contributed by atoms with E-state index < -0.39 is 5.60 Å². The molecule has 3 heterocycles. The summed E-state index contributed by atoms with van der Waals surface area (Å²) in [6, 6.07) is 3.41. The minimum absolute atomic E-state index is 0.134. The minimum atomic E-state index is -0.578. The molecule has 1 saturated heterocycles. The second kappa shape index (κ2) is 10.5. The highest BCUT2D eigenvalue weighted by molar-refractivity contribution is 6.04. The van der Waals surface area contributed by atoms with Gasteiger partial charge in [0.15, 0.2) is 17.1 Å². The van der Waals surface area contributed by atoms with Gasteiger partial charge >= 0.3 is 6.09 Å². The van der Waals surface area contributed by atoms with Crippen LogP contribution in [-0.4, -0.2) is 77.9 Å². The Labute approximate surface area is 215 Å². The number of nitrogens with one attached hydrogen (secondary N) is 2. The molecule has 0 saturated carbocycles. The first-order valence-electron chi connectivity index (χ1n) is 12.1. The van der Waals surface area contributed by atoms with Crippen LogP contribution in [0.3, 0.4) is 0 Å². The second-order valence-corrected chi connectivity index (χ2v) is 9.75. The molecule has 0 spiro atoms. The van der Waals surface area contributed by atoms with E-state index in [9.17, 15) is 9.59 Å². The fourth-order valence-corrected chi connectivity index (χ4v) is 4.35. The summed E-state index contributed by atoms with van der Waals surface area (Å²) in [4.78, 5) is 39.5. The summed E-state index contributed by atoms with van der Waals surface area (Å²) in [5.41, 5.74) is 1.92. The third kappa shape index (κ3) is 5.55. The van der Waals surface area contributed by atoms with Crippen LogP contribution in [0.1, 0.15) is 44.0 Å². The van der Waals surface area contributed by atoms with E-state index in [0.29, 0.717) is 58.3 Å². The van der Waals surface area contributed by atoms with Gasteiger partial charge in [0.25, 0.3) is 5.91 Å². The van der Waals surface area contributed by atoms with Gasteiger partial charge in [-0.2, -0.15) is 0 Å². The maximum absolute atomic E-state index is 13.1. The predicted molar refractivity (Wildman–Crippen MR) is 137 cm³/mol. The van der Waals surface area contributed by atoms with E-state index in [1.54, 1.807) is 43.6 Å². The first-order valence-corrected chi connectivity index (χ1v) is 12.1. The fourth-order valence-electron chi connectivity index (χ4n) is 4.35. The van der Waals surface area contributed by atoms with Crippen molar-refractivity contribution in [2.45, 2.75) is 45.3 Å². The zero-order chi connectivity index (χ0) is 26.7. The average Bonchev–Trinajstić information content (AvgIpc) is 3.52. The van der Waals surface area contributed by atoms with E-state index in [1.807, 2.05) is 20.8 Å². The van der Waals surface area contributed by atoms with Crippen LogP contribution >= 0.6 is 0 Å². The molecule has 0 bridgehead atoms. The number of methoxy groups -OCH3 is 3. The van der Waals surface area contributed by atoms with E-state index in [1.165, 1.54) is 7.11 Å². The van der Waals surface area contributed by atoms with Gasteiger partial charge in [-0.25, -0.2) is 14.8 Å². The van der Waals surface area contributed by atoms with Crippen LogP contribution in [-0.2, 0) is 4.74 Å². The summed E-state index contributed by atoms with van der Waals surface area (Å²) in [6.07, 6.45) is 4.48. The maximum atomic E-state index is 13.1. The highest BCUT2D eigenvalue weighted by Crippen LogP contribution is 2.41. The molecule has 1 unspecified atom stereocenters. The molecule has 11 heteroatoms. The quantitative estimate of drug-likeness (QED) is 0.491. The highest BCUT2D eigenvalue weighted by Gasteiger charge is 2.32. The Morgan fingerprint density at radius 1 is 1.14 bits per heavy atom. The lowest BCUT2D eigenvalue weighted by atomic mass is 10.1. The molecule has 1 aliphatic rings. The SMILES string of the molecule is COc1cc(-c2cnc3[nH]cc(C(=O)NCC4CCCN4C(=O)OC(C)(C)C)c3n2)cc(OC)c1OC. The molecule has 2 aromatic heterocycles. The van der Waals surface area contributed by atoms with Gasteiger partial charge in [0.1, 0.15) is 11.1 Å². The number of likely N-dealkylation sites (tertiary alicyclic amines) is 1. The van der Waals surface area contributed by atoms with Crippen LogP contribution in [0.5, 0.6) is 17.2 Å². The van der Waals surface area contributed by atoms with Gasteiger partial charge in [-0.15, -0.1) is 0 Å². The second-order valence-electron chi connectivity index (χ2n) is 9.75. The molecule has 0 radical (unpaired) electrons. The van der Waals surface area contributed by atoms with Crippen molar-refractivity contribution in [1.82, 2.24) is 25.2 Å². The first-order chi connectivity index (χ1) is 17.6. The van der Waals surface area contributed by atoms with Crippen molar-refractivity contribution >= 4 is 23.2 Å². The van der Waals surface area contributed by atoms with Crippen LogP contribution in [0.25, 0.3) is 22.4 Å². The Hall–Kier alpha value is -4.02. The molecule has 2 amide bonds. The smallest absolute Gasteiger partial charge is 0.410 e. The van der Waals surface area contributed by atoms with Gasteiger partial charge in [-0.1, -0.05) is 0 Å². The Morgan fingerprint density at radius 2 is 1.84 bits per heavy atom. The number of nitrogens with zero attached hydrogens (tertiary/aromatic N) is 3. The highest BCUT2D eigenvalue weighted by atomic mass is 16.6. The van der Waals surface area contributed by atoms with Gasteiger partial charge in [0.05, 0.1) is 44.8 Å². The molecule has 1 atom stereocenters. The van der Waals surface area contributed by atoms with Crippen molar-refractivity contribution < 1.29 is 28.5 Å². The fraction of sp³-hybridized carbons (Fsp3) is 0.462. The van der Waals surface area contributed by atoms with Crippen molar-refractivity contribution in [3.63, 3.8) is 0 Å². The van der Waals surface area contributed by atoms with Crippen molar-refractivity contribution in [1.29, 1.82) is 0 Å². The number of aromatic amines is 1. The maximum Gasteiger partial charge on any atom is 0.410 e. The molecule has 1 aliphatic heterocycles. The summed E-state index contributed by atoms with van der Waals surface area (Å²) in [6.45, 7) is 6.42. The number of fused-ring (bicyclic) bond motifs is 1. The largest absolute Gasteiger partial charge is 0.493 e. The molecule has 0 aliphatic carbocycles. The summed E-state index contributed by atoms with van der Waals surface area (Å²) < 4.78 is 21.8. The molecule has 1 aromatic carbocycles. The Kier molecular flexibility index (Phi) is 7.42. The van der Waals surface area contributed by atoms with Gasteiger partial charge in [-0.05, 0) is 45.7 Å². The molecular formula is C26H33N5O6. The molecular weight excluding hydrogens is 478 g/mol. The molecule has 11 nitrogen and oxygen atoms in total. The summed E-state index contributed by atoms with van der Waals surface area (Å²) >= 11 is 0. The summed E-state index contributed by atoms with van der Waals surface area (Å²) in [5, 5.41) is 2.94. The number of carbonyl (C=O) groups excluding carboxylic acids is 2. The van der Waals surface area contributed by atoms with E-state index in [-0.39, 0.29) is 18.0 Å². The number of hydrogen-bond donors (Lipinski definition) is 2. The third-order valence-corrected chi connectivity index (χ3v) is 6.09. The Bertz CT molecular complexity index is 1270. The molecule has 37 heavy (non-hydrogen) atoms.